The van der Waals surface area contributed by atoms with Crippen LogP contribution in [0.25, 0.3) is 0 Å². The number of carbonyl (C=O) groups is 1. The molecule has 0 spiro atoms. The third-order valence-electron chi connectivity index (χ3n) is 4.03. The number of halogens is 2. The van der Waals surface area contributed by atoms with Gasteiger partial charge in [-0.2, -0.15) is 0 Å². The van der Waals surface area contributed by atoms with Gasteiger partial charge in [-0.05, 0) is 43.2 Å². The Morgan fingerprint density at radius 2 is 1.93 bits per heavy atom. The van der Waals surface area contributed by atoms with E-state index in [-0.39, 0.29) is 31.0 Å². The summed E-state index contributed by atoms with van der Waals surface area (Å²) in [5, 5.41) is 2.68. The standard InChI is InChI=1S/C20H24F2N2O4S/c1-15-5-3-6-17(13-15)28-12-10-23-20(25)7-4-11-24(29(2,26)27)19-9-8-16(21)14-18(19)22/h3,5-6,8-9,13-14H,4,7,10-12H2,1-2H3,(H,23,25). The Morgan fingerprint density at radius 3 is 2.59 bits per heavy atom. The zero-order valence-corrected chi connectivity index (χ0v) is 17.1. The van der Waals surface area contributed by atoms with Gasteiger partial charge in [-0.3, -0.25) is 9.10 Å². The van der Waals surface area contributed by atoms with Crippen molar-refractivity contribution in [2.75, 3.05) is 30.3 Å². The number of hydrogen-bond acceptors (Lipinski definition) is 4. The van der Waals surface area contributed by atoms with Gasteiger partial charge in [0.25, 0.3) is 0 Å². The van der Waals surface area contributed by atoms with Crippen molar-refractivity contribution in [1.29, 1.82) is 0 Å². The number of anilines is 1. The van der Waals surface area contributed by atoms with Gasteiger partial charge in [0.05, 0.1) is 18.5 Å². The highest BCUT2D eigenvalue weighted by Gasteiger charge is 2.21. The highest BCUT2D eigenvalue weighted by molar-refractivity contribution is 7.92. The lowest BCUT2D eigenvalue weighted by Crippen LogP contribution is -2.33. The number of hydrogen-bond donors (Lipinski definition) is 1. The minimum Gasteiger partial charge on any atom is -0.492 e. The van der Waals surface area contributed by atoms with Gasteiger partial charge >= 0.3 is 0 Å². The van der Waals surface area contributed by atoms with E-state index in [0.717, 1.165) is 28.3 Å². The first-order valence-corrected chi connectivity index (χ1v) is 10.9. The first-order chi connectivity index (χ1) is 13.7. The second kappa shape index (κ2) is 10.2. The van der Waals surface area contributed by atoms with Crippen LogP contribution in [-0.4, -0.2) is 40.3 Å². The van der Waals surface area contributed by atoms with Crippen molar-refractivity contribution in [3.8, 4) is 5.75 Å². The fraction of sp³-hybridized carbons (Fsp3) is 0.350. The van der Waals surface area contributed by atoms with E-state index in [2.05, 4.69) is 5.32 Å². The smallest absolute Gasteiger partial charge is 0.232 e. The highest BCUT2D eigenvalue weighted by Crippen LogP contribution is 2.23. The SMILES string of the molecule is Cc1cccc(OCCNC(=O)CCCN(c2ccc(F)cc2F)S(C)(=O)=O)c1. The van der Waals surface area contributed by atoms with E-state index in [0.29, 0.717) is 25.0 Å². The van der Waals surface area contributed by atoms with Crippen LogP contribution in [0.15, 0.2) is 42.5 Å². The molecule has 0 aliphatic carbocycles. The Balaban J connectivity index is 1.79. The number of amides is 1. The van der Waals surface area contributed by atoms with Crippen LogP contribution in [0.4, 0.5) is 14.5 Å². The minimum atomic E-state index is -3.79. The second-order valence-electron chi connectivity index (χ2n) is 6.55. The summed E-state index contributed by atoms with van der Waals surface area (Å²) in [7, 11) is -3.79. The van der Waals surface area contributed by atoms with Crippen LogP contribution in [0.5, 0.6) is 5.75 Å². The number of ether oxygens (including phenoxy) is 1. The van der Waals surface area contributed by atoms with E-state index in [1.807, 2.05) is 31.2 Å². The van der Waals surface area contributed by atoms with Crippen LogP contribution in [0.3, 0.4) is 0 Å². The van der Waals surface area contributed by atoms with Crippen molar-refractivity contribution in [2.24, 2.45) is 0 Å². The van der Waals surface area contributed by atoms with Crippen LogP contribution in [0.1, 0.15) is 18.4 Å². The number of carbonyl (C=O) groups excluding carboxylic acids is 1. The van der Waals surface area contributed by atoms with Crippen LogP contribution >= 0.6 is 0 Å². The third-order valence-corrected chi connectivity index (χ3v) is 5.21. The average molecular weight is 426 g/mol. The molecule has 0 bridgehead atoms. The predicted octanol–water partition coefficient (Wildman–Crippen LogP) is 3.01. The Hall–Kier alpha value is -2.68. The number of aryl methyl sites for hydroxylation is 1. The Labute approximate surface area is 169 Å². The van der Waals surface area contributed by atoms with Gasteiger partial charge in [0.1, 0.15) is 24.0 Å². The maximum atomic E-state index is 13.9. The van der Waals surface area contributed by atoms with E-state index in [9.17, 15) is 22.0 Å². The first-order valence-electron chi connectivity index (χ1n) is 9.06. The molecule has 0 atom stereocenters. The molecule has 6 nitrogen and oxygen atoms in total. The molecule has 158 valence electrons. The largest absolute Gasteiger partial charge is 0.492 e. The lowest BCUT2D eigenvalue weighted by molar-refractivity contribution is -0.121. The van der Waals surface area contributed by atoms with Crippen molar-refractivity contribution in [1.82, 2.24) is 5.32 Å². The molecule has 0 aromatic heterocycles. The van der Waals surface area contributed by atoms with Gasteiger partial charge in [0.15, 0.2) is 0 Å². The van der Waals surface area contributed by atoms with Crippen molar-refractivity contribution in [3.63, 3.8) is 0 Å². The van der Waals surface area contributed by atoms with E-state index in [1.54, 1.807) is 0 Å². The van der Waals surface area contributed by atoms with Crippen LogP contribution in [-0.2, 0) is 14.8 Å². The molecule has 1 amide bonds. The summed E-state index contributed by atoms with van der Waals surface area (Å²) in [4.78, 5) is 11.9. The zero-order chi connectivity index (χ0) is 21.4. The van der Waals surface area contributed by atoms with Gasteiger partial charge < -0.3 is 10.1 Å². The third kappa shape index (κ3) is 7.34. The van der Waals surface area contributed by atoms with E-state index >= 15 is 0 Å². The first kappa shape index (κ1) is 22.6. The Morgan fingerprint density at radius 1 is 1.17 bits per heavy atom. The van der Waals surface area contributed by atoms with Crippen molar-refractivity contribution in [2.45, 2.75) is 19.8 Å². The molecular formula is C20H24F2N2O4S. The highest BCUT2D eigenvalue weighted by atomic mass is 32.2. The number of nitrogens with one attached hydrogen (secondary N) is 1. The molecule has 0 radical (unpaired) electrons. The summed E-state index contributed by atoms with van der Waals surface area (Å²) in [5.74, 6) is -1.34. The van der Waals surface area contributed by atoms with Crippen molar-refractivity contribution in [3.05, 3.63) is 59.7 Å². The van der Waals surface area contributed by atoms with Gasteiger partial charge in [-0.15, -0.1) is 0 Å². The van der Waals surface area contributed by atoms with E-state index in [4.69, 9.17) is 4.74 Å². The number of benzene rings is 2. The molecule has 0 aliphatic heterocycles. The molecule has 2 aromatic carbocycles. The summed E-state index contributed by atoms with van der Waals surface area (Å²) in [6, 6.07) is 10.2. The number of nitrogens with zero attached hydrogens (tertiary/aromatic N) is 1. The van der Waals surface area contributed by atoms with Crippen molar-refractivity contribution < 1.29 is 26.7 Å². The van der Waals surface area contributed by atoms with Gasteiger partial charge in [0, 0.05) is 19.0 Å². The minimum absolute atomic E-state index is 0.0548. The molecule has 0 saturated heterocycles. The fourth-order valence-corrected chi connectivity index (χ4v) is 3.65. The lowest BCUT2D eigenvalue weighted by Gasteiger charge is -2.22. The molecule has 29 heavy (non-hydrogen) atoms. The second-order valence-corrected chi connectivity index (χ2v) is 8.46. The number of rotatable bonds is 10. The molecule has 2 rings (SSSR count). The summed E-state index contributed by atoms with van der Waals surface area (Å²) in [5.41, 5.74) is 0.820. The van der Waals surface area contributed by atoms with Crippen molar-refractivity contribution >= 4 is 21.6 Å². The van der Waals surface area contributed by atoms with Crippen LogP contribution < -0.4 is 14.4 Å². The molecule has 0 saturated carbocycles. The molecule has 0 aliphatic rings. The molecule has 2 aromatic rings. The summed E-state index contributed by atoms with van der Waals surface area (Å²) >= 11 is 0. The van der Waals surface area contributed by atoms with Gasteiger partial charge in [-0.1, -0.05) is 12.1 Å². The summed E-state index contributed by atoms with van der Waals surface area (Å²) < 4.78 is 57.3. The maximum absolute atomic E-state index is 13.9. The van der Waals surface area contributed by atoms with E-state index < -0.39 is 21.7 Å². The summed E-state index contributed by atoms with van der Waals surface area (Å²) in [6.07, 6.45) is 1.16. The predicted molar refractivity (Wildman–Crippen MR) is 107 cm³/mol. The molecule has 0 fully saturated rings. The van der Waals surface area contributed by atoms with Crippen LogP contribution in [0, 0.1) is 18.6 Å². The van der Waals surface area contributed by atoms with Crippen LogP contribution in [0.2, 0.25) is 0 Å². The Kier molecular flexibility index (Phi) is 7.95. The topological polar surface area (TPSA) is 75.7 Å². The van der Waals surface area contributed by atoms with E-state index in [1.165, 1.54) is 0 Å². The zero-order valence-electron chi connectivity index (χ0n) is 16.3. The monoisotopic (exact) mass is 426 g/mol. The summed E-state index contributed by atoms with van der Waals surface area (Å²) in [6.45, 7) is 2.45. The Bertz CT molecular complexity index is 951. The normalized spacial score (nSPS) is 11.2. The van der Waals surface area contributed by atoms with Gasteiger partial charge in [-0.25, -0.2) is 17.2 Å². The fourth-order valence-electron chi connectivity index (χ4n) is 2.68. The quantitative estimate of drug-likeness (QED) is 0.593. The maximum Gasteiger partial charge on any atom is 0.232 e. The molecule has 0 unspecified atom stereocenters. The average Bonchev–Trinajstić information content (AvgIpc) is 2.62. The molecule has 1 N–H and O–H groups in total. The molecule has 9 heteroatoms. The number of sulfonamides is 1. The molecule has 0 heterocycles. The molecular weight excluding hydrogens is 402 g/mol. The lowest BCUT2D eigenvalue weighted by atomic mass is 10.2. The van der Waals surface area contributed by atoms with Gasteiger partial charge in [0.2, 0.25) is 15.9 Å².